The summed E-state index contributed by atoms with van der Waals surface area (Å²) in [4.78, 5) is 37.8. The highest BCUT2D eigenvalue weighted by molar-refractivity contribution is 5.89. The van der Waals surface area contributed by atoms with Gasteiger partial charge in [0.25, 0.3) is 0 Å². The number of rotatable bonds is 8. The van der Waals surface area contributed by atoms with Gasteiger partial charge >= 0.3 is 5.97 Å². The maximum absolute atomic E-state index is 13.0. The first-order valence-corrected chi connectivity index (χ1v) is 8.62. The summed E-state index contributed by atoms with van der Waals surface area (Å²) in [5.41, 5.74) is 5.54. The minimum absolute atomic E-state index is 0.219. The Morgan fingerprint density at radius 1 is 1.22 bits per heavy atom. The van der Waals surface area contributed by atoms with Crippen molar-refractivity contribution in [1.29, 1.82) is 0 Å². The number of carboxylic acids is 1. The number of primary amides is 1. The van der Waals surface area contributed by atoms with Gasteiger partial charge in [-0.25, -0.2) is 4.79 Å². The Kier molecular flexibility index (Phi) is 7.52. The minimum Gasteiger partial charge on any atom is -0.480 e. The fourth-order valence-corrected chi connectivity index (χ4v) is 3.46. The predicted octanol–water partition coefficient (Wildman–Crippen LogP) is 2.02. The van der Waals surface area contributed by atoms with Gasteiger partial charge in [0.15, 0.2) is 0 Å². The molecule has 0 aromatic rings. The average Bonchev–Trinajstić information content (AvgIpc) is 2.49. The van der Waals surface area contributed by atoms with E-state index in [1.54, 1.807) is 0 Å². The van der Waals surface area contributed by atoms with E-state index in [0.717, 1.165) is 19.3 Å². The van der Waals surface area contributed by atoms with Gasteiger partial charge in [-0.2, -0.15) is 0 Å². The second kappa shape index (κ2) is 8.89. The van der Waals surface area contributed by atoms with Crippen LogP contribution in [-0.4, -0.2) is 40.4 Å². The zero-order valence-corrected chi connectivity index (χ0v) is 14.5. The lowest BCUT2D eigenvalue weighted by Crippen LogP contribution is -2.52. The molecule has 1 rings (SSSR count). The highest BCUT2D eigenvalue weighted by atomic mass is 16.4. The minimum atomic E-state index is -0.965. The van der Waals surface area contributed by atoms with Crippen LogP contribution in [0, 0.1) is 17.8 Å². The van der Waals surface area contributed by atoms with Gasteiger partial charge in [-0.1, -0.05) is 27.2 Å². The van der Waals surface area contributed by atoms with Crippen LogP contribution >= 0.6 is 0 Å². The Balaban J connectivity index is 3.05. The van der Waals surface area contributed by atoms with Crippen LogP contribution in [0.5, 0.6) is 0 Å². The zero-order chi connectivity index (χ0) is 17.6. The average molecular weight is 326 g/mol. The first-order valence-electron chi connectivity index (χ1n) is 8.62. The van der Waals surface area contributed by atoms with Gasteiger partial charge < -0.3 is 15.7 Å². The van der Waals surface area contributed by atoms with E-state index in [0.29, 0.717) is 25.8 Å². The number of aliphatic carboxylic acids is 1. The molecule has 0 aromatic heterocycles. The lowest BCUT2D eigenvalue weighted by Gasteiger charge is -2.37. The van der Waals surface area contributed by atoms with Crippen molar-refractivity contribution in [3.05, 3.63) is 0 Å². The van der Waals surface area contributed by atoms with Crippen molar-refractivity contribution in [1.82, 2.24) is 4.90 Å². The Morgan fingerprint density at radius 2 is 1.87 bits per heavy atom. The van der Waals surface area contributed by atoms with Crippen LogP contribution in [0.2, 0.25) is 0 Å². The molecule has 3 atom stereocenters. The van der Waals surface area contributed by atoms with Crippen molar-refractivity contribution in [2.24, 2.45) is 23.5 Å². The van der Waals surface area contributed by atoms with E-state index in [9.17, 15) is 19.5 Å². The van der Waals surface area contributed by atoms with Gasteiger partial charge in [0.1, 0.15) is 6.04 Å². The van der Waals surface area contributed by atoms with Crippen molar-refractivity contribution in [3.8, 4) is 0 Å². The van der Waals surface area contributed by atoms with Gasteiger partial charge in [0.05, 0.1) is 0 Å². The normalized spacial score (nSPS) is 21.0. The molecule has 1 heterocycles. The molecule has 6 nitrogen and oxygen atoms in total. The van der Waals surface area contributed by atoms with Crippen LogP contribution in [-0.2, 0) is 14.4 Å². The third-order valence-electron chi connectivity index (χ3n) is 4.56. The highest BCUT2D eigenvalue weighted by Gasteiger charge is 2.39. The number of hydrogen-bond donors (Lipinski definition) is 2. The van der Waals surface area contributed by atoms with Gasteiger partial charge in [0, 0.05) is 18.4 Å². The van der Waals surface area contributed by atoms with Crippen LogP contribution in [0.1, 0.15) is 59.3 Å². The Hall–Kier alpha value is -1.59. The van der Waals surface area contributed by atoms with Crippen LogP contribution in [0.3, 0.4) is 0 Å². The topological polar surface area (TPSA) is 101 Å². The summed E-state index contributed by atoms with van der Waals surface area (Å²) < 4.78 is 0. The van der Waals surface area contributed by atoms with Crippen LogP contribution < -0.4 is 5.73 Å². The smallest absolute Gasteiger partial charge is 0.326 e. The molecule has 132 valence electrons. The van der Waals surface area contributed by atoms with Crippen molar-refractivity contribution < 1.29 is 19.5 Å². The van der Waals surface area contributed by atoms with E-state index in [2.05, 4.69) is 0 Å². The first kappa shape index (κ1) is 19.5. The van der Waals surface area contributed by atoms with E-state index >= 15 is 0 Å². The number of likely N-dealkylation sites (tertiary alicyclic amines) is 1. The summed E-state index contributed by atoms with van der Waals surface area (Å²) in [6, 6.07) is -0.777. The Bertz CT molecular complexity index is 436. The molecular weight excluding hydrogens is 296 g/mol. The lowest BCUT2D eigenvalue weighted by atomic mass is 9.80. The molecule has 3 N–H and O–H groups in total. The van der Waals surface area contributed by atoms with Crippen LogP contribution in [0.4, 0.5) is 0 Å². The molecule has 1 unspecified atom stereocenters. The SMILES string of the molecule is CCC[C@@H](C(N)=O)[C@@H](CC(C)C)C(=O)N1CCCCC1C(=O)O. The molecule has 0 saturated carbocycles. The largest absolute Gasteiger partial charge is 0.480 e. The zero-order valence-electron chi connectivity index (χ0n) is 14.5. The molecule has 1 aliphatic rings. The molecule has 0 bridgehead atoms. The second-order valence-corrected chi connectivity index (χ2v) is 6.92. The summed E-state index contributed by atoms with van der Waals surface area (Å²) in [5.74, 6) is -2.46. The lowest BCUT2D eigenvalue weighted by molar-refractivity contribution is -0.156. The molecule has 1 saturated heterocycles. The van der Waals surface area contributed by atoms with Crippen molar-refractivity contribution in [3.63, 3.8) is 0 Å². The molecule has 0 radical (unpaired) electrons. The number of carboxylic acid groups (broad SMARTS) is 1. The molecule has 0 aromatic carbocycles. The molecule has 1 fully saturated rings. The van der Waals surface area contributed by atoms with Crippen molar-refractivity contribution in [2.75, 3.05) is 6.54 Å². The molecule has 23 heavy (non-hydrogen) atoms. The molecule has 0 spiro atoms. The summed E-state index contributed by atoms with van der Waals surface area (Å²) in [6.07, 6.45) is 3.96. The van der Waals surface area contributed by atoms with E-state index in [4.69, 9.17) is 5.73 Å². The molecular formula is C17H30N2O4. The fourth-order valence-electron chi connectivity index (χ4n) is 3.46. The monoisotopic (exact) mass is 326 g/mol. The predicted molar refractivity (Wildman–Crippen MR) is 87.5 cm³/mol. The van der Waals surface area contributed by atoms with E-state index < -0.39 is 29.8 Å². The quantitative estimate of drug-likeness (QED) is 0.712. The number of hydrogen-bond acceptors (Lipinski definition) is 3. The van der Waals surface area contributed by atoms with Crippen molar-refractivity contribution >= 4 is 17.8 Å². The van der Waals surface area contributed by atoms with E-state index in [-0.39, 0.29) is 11.8 Å². The summed E-state index contributed by atoms with van der Waals surface area (Å²) in [5, 5.41) is 9.39. The van der Waals surface area contributed by atoms with Gasteiger partial charge in [-0.05, 0) is 38.0 Å². The number of nitrogens with two attached hydrogens (primary N) is 1. The molecule has 0 aliphatic carbocycles. The maximum atomic E-state index is 13.0. The van der Waals surface area contributed by atoms with Crippen LogP contribution in [0.15, 0.2) is 0 Å². The summed E-state index contributed by atoms with van der Waals surface area (Å²) >= 11 is 0. The van der Waals surface area contributed by atoms with Gasteiger partial charge in [-0.15, -0.1) is 0 Å². The number of piperidine rings is 1. The highest BCUT2D eigenvalue weighted by Crippen LogP contribution is 2.29. The van der Waals surface area contributed by atoms with Crippen molar-refractivity contribution in [2.45, 2.75) is 65.3 Å². The number of carbonyl (C=O) groups is 3. The van der Waals surface area contributed by atoms with Crippen LogP contribution in [0.25, 0.3) is 0 Å². The maximum Gasteiger partial charge on any atom is 0.326 e. The number of amides is 2. The van der Waals surface area contributed by atoms with Gasteiger partial charge in [-0.3, -0.25) is 9.59 Å². The standard InChI is InChI=1S/C17H30N2O4/c1-4-7-12(15(18)20)13(10-11(2)3)16(21)19-9-6-5-8-14(19)17(22)23/h11-14H,4-10H2,1-3H3,(H2,18,20)(H,22,23)/t12-,13-,14?/m1/s1. The summed E-state index contributed by atoms with van der Waals surface area (Å²) in [7, 11) is 0. The fraction of sp³-hybridized carbons (Fsp3) is 0.824. The molecule has 6 heteroatoms. The second-order valence-electron chi connectivity index (χ2n) is 6.92. The Labute approximate surface area is 138 Å². The third kappa shape index (κ3) is 5.22. The Morgan fingerprint density at radius 3 is 2.35 bits per heavy atom. The summed E-state index contributed by atoms with van der Waals surface area (Å²) in [6.45, 7) is 6.39. The van der Waals surface area contributed by atoms with E-state index in [1.807, 2.05) is 20.8 Å². The number of carbonyl (C=O) groups excluding carboxylic acids is 2. The first-order chi connectivity index (χ1) is 10.8. The number of nitrogens with zero attached hydrogens (tertiary/aromatic N) is 1. The van der Waals surface area contributed by atoms with Gasteiger partial charge in [0.2, 0.25) is 11.8 Å². The third-order valence-corrected chi connectivity index (χ3v) is 4.56. The van der Waals surface area contributed by atoms with E-state index in [1.165, 1.54) is 4.90 Å². The molecule has 1 aliphatic heterocycles. The molecule has 2 amide bonds.